The second-order valence-corrected chi connectivity index (χ2v) is 5.57. The number of aryl methyl sites for hydroxylation is 2. The van der Waals surface area contributed by atoms with Crippen LogP contribution in [0.2, 0.25) is 0 Å². The molecule has 1 aromatic heterocycles. The van der Waals surface area contributed by atoms with E-state index >= 15 is 0 Å². The molecule has 22 heavy (non-hydrogen) atoms. The number of rotatable bonds is 5. The maximum Gasteiger partial charge on any atom is 0.393 e. The molecule has 5 nitrogen and oxygen atoms in total. The van der Waals surface area contributed by atoms with E-state index < -0.39 is 12.1 Å². The van der Waals surface area contributed by atoms with Gasteiger partial charge >= 0.3 is 6.18 Å². The number of amides is 1. The quantitative estimate of drug-likeness (QED) is 0.837. The summed E-state index contributed by atoms with van der Waals surface area (Å²) in [6.07, 6.45) is -1.79. The lowest BCUT2D eigenvalue weighted by molar-refractivity contribution is -0.188. The minimum absolute atomic E-state index is 0.0946. The zero-order valence-electron chi connectivity index (χ0n) is 12.5. The van der Waals surface area contributed by atoms with Crippen molar-refractivity contribution in [1.29, 1.82) is 0 Å². The highest BCUT2D eigenvalue weighted by Gasteiger charge is 2.42. The van der Waals surface area contributed by atoms with Crippen molar-refractivity contribution in [2.45, 2.75) is 51.6 Å². The summed E-state index contributed by atoms with van der Waals surface area (Å²) in [6, 6.07) is 0. The van der Waals surface area contributed by atoms with Gasteiger partial charge in [-0.1, -0.05) is 12.1 Å². The molecule has 0 aliphatic carbocycles. The van der Waals surface area contributed by atoms with Crippen molar-refractivity contribution in [2.24, 2.45) is 5.92 Å². The molecule has 0 N–H and O–H groups in total. The monoisotopic (exact) mass is 319 g/mol. The van der Waals surface area contributed by atoms with Gasteiger partial charge in [-0.15, -0.1) is 0 Å². The summed E-state index contributed by atoms with van der Waals surface area (Å²) in [4.78, 5) is 17.5. The van der Waals surface area contributed by atoms with E-state index in [-0.39, 0.29) is 31.7 Å². The maximum absolute atomic E-state index is 12.7. The third-order valence-electron chi connectivity index (χ3n) is 3.77. The van der Waals surface area contributed by atoms with Crippen LogP contribution in [0.4, 0.5) is 13.2 Å². The van der Waals surface area contributed by atoms with E-state index in [1.807, 2.05) is 6.92 Å². The molecule has 2 heterocycles. The Kier molecular flexibility index (Phi) is 5.42. The molecule has 1 aromatic rings. The summed E-state index contributed by atoms with van der Waals surface area (Å²) in [6.45, 7) is 2.14. The van der Waals surface area contributed by atoms with Crippen LogP contribution in [-0.2, 0) is 17.6 Å². The first-order chi connectivity index (χ1) is 10.4. The minimum atomic E-state index is -4.24. The molecular weight excluding hydrogens is 299 g/mol. The number of alkyl halides is 3. The Hall–Kier alpha value is -1.60. The number of carbonyl (C=O) groups is 1. The number of nitrogens with zero attached hydrogens (tertiary/aromatic N) is 3. The van der Waals surface area contributed by atoms with E-state index in [4.69, 9.17) is 4.52 Å². The molecule has 1 aliphatic rings. The SMILES string of the molecule is CCCc1noc(CCC(=O)N2CCC[C@H](C(F)(F)F)C2)n1. The molecule has 1 fully saturated rings. The number of carbonyl (C=O) groups excluding carboxylic acids is 1. The minimum Gasteiger partial charge on any atom is -0.342 e. The summed E-state index contributed by atoms with van der Waals surface area (Å²) in [5.74, 6) is -0.741. The first-order valence-corrected chi connectivity index (χ1v) is 7.56. The van der Waals surface area contributed by atoms with E-state index in [9.17, 15) is 18.0 Å². The van der Waals surface area contributed by atoms with Crippen LogP contribution < -0.4 is 0 Å². The van der Waals surface area contributed by atoms with Gasteiger partial charge in [-0.25, -0.2) is 0 Å². The Labute approximate surface area is 126 Å². The summed E-state index contributed by atoms with van der Waals surface area (Å²) in [5, 5.41) is 3.78. The molecule has 0 aromatic carbocycles. The molecule has 0 bridgehead atoms. The molecule has 2 rings (SSSR count). The lowest BCUT2D eigenvalue weighted by Crippen LogP contribution is -2.44. The summed E-state index contributed by atoms with van der Waals surface area (Å²) in [5.41, 5.74) is 0. The Morgan fingerprint density at radius 1 is 1.41 bits per heavy atom. The van der Waals surface area contributed by atoms with Gasteiger partial charge in [0.2, 0.25) is 11.8 Å². The fourth-order valence-corrected chi connectivity index (χ4v) is 2.56. The predicted molar refractivity (Wildman–Crippen MR) is 72.0 cm³/mol. The Morgan fingerprint density at radius 2 is 2.18 bits per heavy atom. The van der Waals surface area contributed by atoms with Crippen molar-refractivity contribution < 1.29 is 22.5 Å². The highest BCUT2D eigenvalue weighted by atomic mass is 19.4. The number of hydrogen-bond acceptors (Lipinski definition) is 4. The van der Waals surface area contributed by atoms with E-state index in [1.165, 1.54) is 4.90 Å². The number of piperidine rings is 1. The third-order valence-corrected chi connectivity index (χ3v) is 3.77. The number of hydrogen-bond donors (Lipinski definition) is 0. The molecule has 8 heteroatoms. The second kappa shape index (κ2) is 7.11. The first-order valence-electron chi connectivity index (χ1n) is 7.56. The predicted octanol–water partition coefficient (Wildman–Crippen LogP) is 2.76. The van der Waals surface area contributed by atoms with Crippen LogP contribution >= 0.6 is 0 Å². The summed E-state index contributed by atoms with van der Waals surface area (Å²) >= 11 is 0. The Balaban J connectivity index is 1.83. The maximum atomic E-state index is 12.7. The molecule has 0 saturated carbocycles. The molecule has 124 valence electrons. The van der Waals surface area contributed by atoms with Crippen molar-refractivity contribution in [3.05, 3.63) is 11.7 Å². The van der Waals surface area contributed by atoms with Gasteiger partial charge in [-0.3, -0.25) is 4.79 Å². The van der Waals surface area contributed by atoms with E-state index in [0.29, 0.717) is 31.1 Å². The van der Waals surface area contributed by atoms with Crippen LogP contribution in [0.1, 0.15) is 44.3 Å². The number of halogens is 3. The molecule has 1 aliphatic heterocycles. The standard InChI is InChI=1S/C14H20F3N3O2/c1-2-4-11-18-12(22-19-11)6-7-13(21)20-8-3-5-10(9-20)14(15,16)17/h10H,2-9H2,1H3/t10-/m0/s1. The lowest BCUT2D eigenvalue weighted by Gasteiger charge is -2.33. The molecule has 0 spiro atoms. The average molecular weight is 319 g/mol. The van der Waals surface area contributed by atoms with Gasteiger partial charge in [-0.2, -0.15) is 18.2 Å². The topological polar surface area (TPSA) is 59.2 Å². The van der Waals surface area contributed by atoms with Crippen molar-refractivity contribution in [1.82, 2.24) is 15.0 Å². The number of likely N-dealkylation sites (tertiary alicyclic amines) is 1. The summed E-state index contributed by atoms with van der Waals surface area (Å²) < 4.78 is 43.2. The fourth-order valence-electron chi connectivity index (χ4n) is 2.56. The van der Waals surface area contributed by atoms with Gasteiger partial charge in [-0.05, 0) is 19.3 Å². The van der Waals surface area contributed by atoms with Gasteiger partial charge < -0.3 is 9.42 Å². The lowest BCUT2D eigenvalue weighted by atomic mass is 9.97. The van der Waals surface area contributed by atoms with Crippen LogP contribution in [0, 0.1) is 5.92 Å². The summed E-state index contributed by atoms with van der Waals surface area (Å²) in [7, 11) is 0. The van der Waals surface area contributed by atoms with Crippen molar-refractivity contribution in [3.8, 4) is 0 Å². The normalized spacial score (nSPS) is 19.5. The van der Waals surface area contributed by atoms with Gasteiger partial charge in [0, 0.05) is 32.4 Å². The molecule has 1 atom stereocenters. The van der Waals surface area contributed by atoms with Gasteiger partial charge in [0.25, 0.3) is 0 Å². The van der Waals surface area contributed by atoms with Crippen LogP contribution in [0.5, 0.6) is 0 Å². The smallest absolute Gasteiger partial charge is 0.342 e. The molecule has 1 saturated heterocycles. The van der Waals surface area contributed by atoms with Crippen LogP contribution in [0.3, 0.4) is 0 Å². The van der Waals surface area contributed by atoms with Gasteiger partial charge in [0.1, 0.15) is 0 Å². The van der Waals surface area contributed by atoms with Gasteiger partial charge in [0.05, 0.1) is 5.92 Å². The highest BCUT2D eigenvalue weighted by Crippen LogP contribution is 2.33. The molecular formula is C14H20F3N3O2. The third kappa shape index (κ3) is 4.45. The van der Waals surface area contributed by atoms with Gasteiger partial charge in [0.15, 0.2) is 5.82 Å². The Bertz CT molecular complexity index is 502. The fraction of sp³-hybridized carbons (Fsp3) is 0.786. The van der Waals surface area contributed by atoms with Crippen molar-refractivity contribution >= 4 is 5.91 Å². The van der Waals surface area contributed by atoms with Crippen LogP contribution in [0.25, 0.3) is 0 Å². The average Bonchev–Trinajstić information content (AvgIpc) is 2.92. The molecule has 1 amide bonds. The van der Waals surface area contributed by atoms with Crippen molar-refractivity contribution in [2.75, 3.05) is 13.1 Å². The Morgan fingerprint density at radius 3 is 2.86 bits per heavy atom. The van der Waals surface area contributed by atoms with E-state index in [1.54, 1.807) is 0 Å². The van der Waals surface area contributed by atoms with E-state index in [2.05, 4.69) is 10.1 Å². The largest absolute Gasteiger partial charge is 0.393 e. The molecule has 0 radical (unpaired) electrons. The zero-order valence-corrected chi connectivity index (χ0v) is 12.5. The van der Waals surface area contributed by atoms with E-state index in [0.717, 1.165) is 6.42 Å². The van der Waals surface area contributed by atoms with Crippen LogP contribution in [0.15, 0.2) is 4.52 Å². The zero-order chi connectivity index (χ0) is 16.2. The number of aromatic nitrogens is 2. The molecule has 0 unspecified atom stereocenters. The first kappa shape index (κ1) is 16.8. The highest BCUT2D eigenvalue weighted by molar-refractivity contribution is 5.76. The second-order valence-electron chi connectivity index (χ2n) is 5.57. The van der Waals surface area contributed by atoms with Crippen LogP contribution in [-0.4, -0.2) is 40.2 Å². The van der Waals surface area contributed by atoms with Crippen molar-refractivity contribution in [3.63, 3.8) is 0 Å².